The van der Waals surface area contributed by atoms with Gasteiger partial charge in [-0.1, -0.05) is 37.6 Å². The molecular weight excluding hydrogens is 469 g/mol. The van der Waals surface area contributed by atoms with Gasteiger partial charge in [-0.25, -0.2) is 4.98 Å². The van der Waals surface area contributed by atoms with E-state index in [0.717, 1.165) is 11.8 Å². The van der Waals surface area contributed by atoms with Crippen molar-refractivity contribution in [2.45, 2.75) is 32.0 Å². The van der Waals surface area contributed by atoms with Crippen molar-refractivity contribution >= 4 is 34.2 Å². The van der Waals surface area contributed by atoms with Gasteiger partial charge in [0.25, 0.3) is 0 Å². The molecule has 3 heterocycles. The lowest BCUT2D eigenvalue weighted by Gasteiger charge is -2.38. The van der Waals surface area contributed by atoms with Gasteiger partial charge in [0, 0.05) is 50.0 Å². The second-order valence-electron chi connectivity index (χ2n) is 8.63. The lowest BCUT2D eigenvalue weighted by molar-refractivity contribution is -0.137. The Morgan fingerprint density at radius 3 is 2.44 bits per heavy atom. The normalized spacial score (nSPS) is 15.9. The minimum absolute atomic E-state index is 0.0501. The first-order chi connectivity index (χ1) is 16.1. The number of pyridine rings is 1. The number of carbonyl (C=O) groups excluding carboxylic acids is 1. The van der Waals surface area contributed by atoms with Crippen molar-refractivity contribution in [3.8, 4) is 0 Å². The van der Waals surface area contributed by atoms with Gasteiger partial charge in [0.15, 0.2) is 5.65 Å². The standard InChI is InChI=1S/C23H26ClF3N6O/c1-14(2)28-11-17(15-3-5-16(24)6-4-15)22(34)33-9-7-32(8-10-33)20-18-12-30-31-21(18)29-13-19(20)23(25,26)27/h3-6,12-14,17,28H,7-11H2,1-2H3,(H,29,30,31)/t17-/m1/s1. The van der Waals surface area contributed by atoms with Crippen LogP contribution in [0, 0.1) is 0 Å². The van der Waals surface area contributed by atoms with Crippen molar-refractivity contribution in [3.63, 3.8) is 0 Å². The summed E-state index contributed by atoms with van der Waals surface area (Å²) in [5.74, 6) is -0.479. The molecule has 0 radical (unpaired) electrons. The summed E-state index contributed by atoms with van der Waals surface area (Å²) >= 11 is 6.02. The molecule has 1 aliphatic rings. The van der Waals surface area contributed by atoms with Gasteiger partial charge in [0.05, 0.1) is 28.8 Å². The molecule has 4 rings (SSSR count). The number of rotatable bonds is 6. The van der Waals surface area contributed by atoms with Gasteiger partial charge in [-0.15, -0.1) is 0 Å². The van der Waals surface area contributed by atoms with E-state index in [1.54, 1.807) is 21.9 Å². The molecule has 0 bridgehead atoms. The summed E-state index contributed by atoms with van der Waals surface area (Å²) in [4.78, 5) is 20.7. The number of alkyl halides is 3. The number of piperazine rings is 1. The molecule has 182 valence electrons. The Balaban J connectivity index is 1.54. The summed E-state index contributed by atoms with van der Waals surface area (Å²) in [5.41, 5.74) is 0.387. The molecule has 34 heavy (non-hydrogen) atoms. The zero-order chi connectivity index (χ0) is 24.5. The monoisotopic (exact) mass is 494 g/mol. The number of aromatic amines is 1. The Morgan fingerprint density at radius 1 is 1.15 bits per heavy atom. The maximum absolute atomic E-state index is 13.7. The highest BCUT2D eigenvalue weighted by Gasteiger charge is 2.38. The molecule has 0 saturated carbocycles. The number of halogens is 4. The number of carbonyl (C=O) groups is 1. The van der Waals surface area contributed by atoms with Crippen LogP contribution in [0.4, 0.5) is 18.9 Å². The maximum Gasteiger partial charge on any atom is 0.419 e. The van der Waals surface area contributed by atoms with Crippen LogP contribution in [0.25, 0.3) is 11.0 Å². The minimum atomic E-state index is -4.55. The number of H-pyrrole nitrogens is 1. The van der Waals surface area contributed by atoms with Crippen molar-refractivity contribution in [1.82, 2.24) is 25.4 Å². The van der Waals surface area contributed by atoms with Gasteiger partial charge in [-0.2, -0.15) is 18.3 Å². The van der Waals surface area contributed by atoms with Gasteiger partial charge in [-0.05, 0) is 17.7 Å². The Bertz CT molecular complexity index is 1140. The number of fused-ring (bicyclic) bond motifs is 1. The molecule has 2 aromatic heterocycles. The first-order valence-electron chi connectivity index (χ1n) is 11.1. The molecule has 1 atom stereocenters. The Morgan fingerprint density at radius 2 is 1.82 bits per heavy atom. The van der Waals surface area contributed by atoms with Crippen LogP contribution in [0.5, 0.6) is 0 Å². The van der Waals surface area contributed by atoms with Gasteiger partial charge < -0.3 is 15.1 Å². The number of anilines is 1. The van der Waals surface area contributed by atoms with E-state index < -0.39 is 17.7 Å². The summed E-state index contributed by atoms with van der Waals surface area (Å²) in [7, 11) is 0. The molecule has 0 spiro atoms. The topological polar surface area (TPSA) is 77.2 Å². The summed E-state index contributed by atoms with van der Waals surface area (Å²) < 4.78 is 41.2. The largest absolute Gasteiger partial charge is 0.419 e. The Labute approximate surface area is 200 Å². The molecule has 7 nitrogen and oxygen atoms in total. The van der Waals surface area contributed by atoms with Gasteiger partial charge in [0.1, 0.15) is 0 Å². The van der Waals surface area contributed by atoms with E-state index >= 15 is 0 Å². The van der Waals surface area contributed by atoms with Crippen LogP contribution >= 0.6 is 11.6 Å². The molecule has 11 heteroatoms. The lowest BCUT2D eigenvalue weighted by Crippen LogP contribution is -2.51. The number of hydrogen-bond donors (Lipinski definition) is 2. The first kappa shape index (κ1) is 24.3. The predicted molar refractivity (Wildman–Crippen MR) is 125 cm³/mol. The van der Waals surface area contributed by atoms with Crippen LogP contribution in [-0.2, 0) is 11.0 Å². The van der Waals surface area contributed by atoms with Crippen LogP contribution < -0.4 is 10.2 Å². The van der Waals surface area contributed by atoms with Gasteiger partial charge >= 0.3 is 6.18 Å². The fraction of sp³-hybridized carbons (Fsp3) is 0.435. The summed E-state index contributed by atoms with van der Waals surface area (Å²) in [6.07, 6.45) is -2.36. The summed E-state index contributed by atoms with van der Waals surface area (Å²) in [6.45, 7) is 5.62. The highest BCUT2D eigenvalue weighted by molar-refractivity contribution is 6.30. The first-order valence-corrected chi connectivity index (χ1v) is 11.4. The highest BCUT2D eigenvalue weighted by atomic mass is 35.5. The van der Waals surface area contributed by atoms with E-state index in [0.29, 0.717) is 35.7 Å². The third-order valence-electron chi connectivity index (χ3n) is 5.97. The summed E-state index contributed by atoms with van der Waals surface area (Å²) in [6, 6.07) is 7.38. The van der Waals surface area contributed by atoms with Crippen LogP contribution in [0.15, 0.2) is 36.7 Å². The van der Waals surface area contributed by atoms with E-state index in [9.17, 15) is 18.0 Å². The van der Waals surface area contributed by atoms with Gasteiger partial charge in [-0.3, -0.25) is 9.89 Å². The molecule has 1 fully saturated rings. The molecule has 0 aliphatic carbocycles. The Kier molecular flexibility index (Phi) is 6.99. The van der Waals surface area contributed by atoms with E-state index in [1.165, 1.54) is 6.20 Å². The highest BCUT2D eigenvalue weighted by Crippen LogP contribution is 2.40. The molecule has 1 saturated heterocycles. The third-order valence-corrected chi connectivity index (χ3v) is 6.22. The number of nitrogens with one attached hydrogen (secondary N) is 2. The SMILES string of the molecule is CC(C)NC[C@@H](C(=O)N1CCN(c2c(C(F)(F)F)cnc3[nH]ncc23)CC1)c1ccc(Cl)cc1. The van der Waals surface area contributed by atoms with E-state index in [-0.39, 0.29) is 30.7 Å². The number of aromatic nitrogens is 3. The van der Waals surface area contributed by atoms with E-state index in [1.807, 2.05) is 26.0 Å². The van der Waals surface area contributed by atoms with Crippen molar-refractivity contribution < 1.29 is 18.0 Å². The van der Waals surface area contributed by atoms with Gasteiger partial charge in [0.2, 0.25) is 5.91 Å². The zero-order valence-electron chi connectivity index (χ0n) is 18.9. The van der Waals surface area contributed by atoms with Crippen molar-refractivity contribution in [1.29, 1.82) is 0 Å². The van der Waals surface area contributed by atoms with E-state index in [4.69, 9.17) is 11.6 Å². The van der Waals surface area contributed by atoms with Crippen LogP contribution in [0.2, 0.25) is 5.02 Å². The molecule has 1 aliphatic heterocycles. The molecule has 1 amide bonds. The molecule has 2 N–H and O–H groups in total. The second kappa shape index (κ2) is 9.79. The molecule has 1 aromatic carbocycles. The average molecular weight is 495 g/mol. The number of benzene rings is 1. The van der Waals surface area contributed by atoms with Crippen LogP contribution in [0.1, 0.15) is 30.9 Å². The van der Waals surface area contributed by atoms with Crippen LogP contribution in [-0.4, -0.2) is 64.8 Å². The minimum Gasteiger partial charge on any atom is -0.367 e. The number of amides is 1. The summed E-state index contributed by atoms with van der Waals surface area (Å²) in [5, 5.41) is 10.7. The average Bonchev–Trinajstić information content (AvgIpc) is 3.28. The zero-order valence-corrected chi connectivity index (χ0v) is 19.6. The smallest absolute Gasteiger partial charge is 0.367 e. The molecule has 0 unspecified atom stereocenters. The second-order valence-corrected chi connectivity index (χ2v) is 9.07. The molecule has 3 aromatic rings. The number of hydrogen-bond acceptors (Lipinski definition) is 5. The van der Waals surface area contributed by atoms with Crippen molar-refractivity contribution in [3.05, 3.63) is 52.8 Å². The molecular formula is C23H26ClF3N6O. The maximum atomic E-state index is 13.7. The fourth-order valence-electron chi connectivity index (χ4n) is 4.20. The fourth-order valence-corrected chi connectivity index (χ4v) is 4.33. The quantitative estimate of drug-likeness (QED) is 0.540. The third kappa shape index (κ3) is 5.12. The lowest BCUT2D eigenvalue weighted by atomic mass is 9.96. The van der Waals surface area contributed by atoms with Crippen molar-refractivity contribution in [2.75, 3.05) is 37.6 Å². The van der Waals surface area contributed by atoms with Crippen LogP contribution in [0.3, 0.4) is 0 Å². The van der Waals surface area contributed by atoms with Crippen molar-refractivity contribution in [2.24, 2.45) is 0 Å². The predicted octanol–water partition coefficient (Wildman–Crippen LogP) is 4.06. The van der Waals surface area contributed by atoms with E-state index in [2.05, 4.69) is 20.5 Å². The number of nitrogens with zero attached hydrogens (tertiary/aromatic N) is 4. The Hall–Kier alpha value is -2.85.